The Kier molecular flexibility index (Phi) is 4.29. The van der Waals surface area contributed by atoms with E-state index in [4.69, 9.17) is 0 Å². The molecule has 1 aromatic rings. The number of rotatable bonds is 4. The van der Waals surface area contributed by atoms with E-state index in [9.17, 15) is 4.79 Å². The molecule has 1 amide bonds. The van der Waals surface area contributed by atoms with E-state index in [1.54, 1.807) is 0 Å². The highest BCUT2D eigenvalue weighted by molar-refractivity contribution is 5.76. The number of carbonyl (C=O) groups is 1. The first-order valence-electron chi connectivity index (χ1n) is 8.25. The normalized spacial score (nSPS) is 23.6. The number of carbonyl (C=O) groups excluding carboxylic acids is 1. The molecule has 0 aromatic heterocycles. The third-order valence-electron chi connectivity index (χ3n) is 5.03. The van der Waals surface area contributed by atoms with Crippen LogP contribution in [0.5, 0.6) is 0 Å². The molecule has 2 N–H and O–H groups in total. The van der Waals surface area contributed by atoms with Crippen LogP contribution in [0, 0.1) is 6.92 Å². The van der Waals surface area contributed by atoms with Gasteiger partial charge >= 0.3 is 0 Å². The quantitative estimate of drug-likeness (QED) is 0.893. The highest BCUT2D eigenvalue weighted by Gasteiger charge is 2.41. The summed E-state index contributed by atoms with van der Waals surface area (Å²) in [4.78, 5) is 12.2. The van der Waals surface area contributed by atoms with E-state index in [2.05, 4.69) is 41.8 Å². The fourth-order valence-corrected chi connectivity index (χ4v) is 3.69. The van der Waals surface area contributed by atoms with Gasteiger partial charge in [-0.25, -0.2) is 0 Å². The summed E-state index contributed by atoms with van der Waals surface area (Å²) in [6, 6.07) is 8.80. The van der Waals surface area contributed by atoms with Crippen LogP contribution in [0.25, 0.3) is 0 Å². The van der Waals surface area contributed by atoms with Crippen molar-refractivity contribution in [3.63, 3.8) is 0 Å². The van der Waals surface area contributed by atoms with E-state index in [1.807, 2.05) is 0 Å². The second kappa shape index (κ2) is 6.18. The van der Waals surface area contributed by atoms with Crippen molar-refractivity contribution in [3.05, 3.63) is 35.4 Å². The van der Waals surface area contributed by atoms with Crippen molar-refractivity contribution in [3.8, 4) is 0 Å². The van der Waals surface area contributed by atoms with Gasteiger partial charge in [-0.2, -0.15) is 0 Å². The van der Waals surface area contributed by atoms with Crippen LogP contribution in [-0.4, -0.2) is 24.0 Å². The third kappa shape index (κ3) is 3.65. The summed E-state index contributed by atoms with van der Waals surface area (Å²) in [5.74, 6) is 0.206. The molecule has 1 aliphatic carbocycles. The first-order valence-corrected chi connectivity index (χ1v) is 8.25. The molecule has 0 radical (unpaired) electrons. The maximum Gasteiger partial charge on any atom is 0.220 e. The van der Waals surface area contributed by atoms with E-state index in [0.717, 1.165) is 25.8 Å². The van der Waals surface area contributed by atoms with E-state index >= 15 is 0 Å². The summed E-state index contributed by atoms with van der Waals surface area (Å²) in [6.45, 7) is 3.14. The summed E-state index contributed by atoms with van der Waals surface area (Å²) in [5.41, 5.74) is 2.87. The minimum atomic E-state index is 0.206. The van der Waals surface area contributed by atoms with Gasteiger partial charge in [-0.1, -0.05) is 29.8 Å². The molecule has 1 saturated carbocycles. The van der Waals surface area contributed by atoms with Crippen molar-refractivity contribution >= 4 is 5.91 Å². The number of piperidine rings is 1. The van der Waals surface area contributed by atoms with Crippen molar-refractivity contribution in [2.75, 3.05) is 6.54 Å². The van der Waals surface area contributed by atoms with Gasteiger partial charge in [0.2, 0.25) is 5.91 Å². The highest BCUT2D eigenvalue weighted by atomic mass is 16.1. The van der Waals surface area contributed by atoms with E-state index < -0.39 is 0 Å². The van der Waals surface area contributed by atoms with Gasteiger partial charge in [0.15, 0.2) is 0 Å². The van der Waals surface area contributed by atoms with Crippen LogP contribution in [-0.2, 0) is 11.2 Å². The molecule has 21 heavy (non-hydrogen) atoms. The van der Waals surface area contributed by atoms with Gasteiger partial charge in [0, 0.05) is 18.0 Å². The second-order valence-electron chi connectivity index (χ2n) is 6.81. The van der Waals surface area contributed by atoms with Crippen molar-refractivity contribution in [1.82, 2.24) is 10.6 Å². The molecule has 2 fully saturated rings. The molecule has 114 valence electrons. The monoisotopic (exact) mass is 286 g/mol. The average molecular weight is 286 g/mol. The summed E-state index contributed by atoms with van der Waals surface area (Å²) in [6.07, 6.45) is 7.51. The molecule has 1 spiro atoms. The first-order chi connectivity index (χ1) is 10.2. The fourth-order valence-electron chi connectivity index (χ4n) is 3.69. The van der Waals surface area contributed by atoms with Crippen LogP contribution in [0.2, 0.25) is 0 Å². The molecule has 1 aromatic carbocycles. The van der Waals surface area contributed by atoms with Gasteiger partial charge in [-0.15, -0.1) is 0 Å². The van der Waals surface area contributed by atoms with Crippen molar-refractivity contribution in [2.24, 2.45) is 0 Å². The molecule has 1 unspecified atom stereocenters. The Labute approximate surface area is 127 Å². The lowest BCUT2D eigenvalue weighted by molar-refractivity contribution is -0.122. The zero-order valence-corrected chi connectivity index (χ0v) is 13.0. The molecule has 3 nitrogen and oxygen atoms in total. The molecular weight excluding hydrogens is 260 g/mol. The Bertz CT molecular complexity index is 508. The van der Waals surface area contributed by atoms with Gasteiger partial charge in [0.1, 0.15) is 0 Å². The molecular formula is C18H26N2O. The maximum atomic E-state index is 12.2. The number of benzene rings is 1. The zero-order valence-electron chi connectivity index (χ0n) is 13.0. The predicted octanol–water partition coefficient (Wildman–Crippen LogP) is 2.72. The van der Waals surface area contributed by atoms with Crippen LogP contribution < -0.4 is 10.6 Å². The maximum absolute atomic E-state index is 12.2. The van der Waals surface area contributed by atoms with Crippen molar-refractivity contribution in [1.29, 1.82) is 0 Å². The summed E-state index contributed by atoms with van der Waals surface area (Å²) in [7, 11) is 0. The Balaban J connectivity index is 1.45. The van der Waals surface area contributed by atoms with Gasteiger partial charge in [0.05, 0.1) is 0 Å². The van der Waals surface area contributed by atoms with E-state index in [0.29, 0.717) is 18.0 Å². The summed E-state index contributed by atoms with van der Waals surface area (Å²) in [5, 5.41) is 6.90. The van der Waals surface area contributed by atoms with E-state index in [-0.39, 0.29) is 5.91 Å². The molecule has 3 rings (SSSR count). The minimum absolute atomic E-state index is 0.206. The van der Waals surface area contributed by atoms with Crippen LogP contribution in [0.15, 0.2) is 24.3 Å². The SMILES string of the molecule is Cc1cccc(CCC(=O)NC2CCNC3(CCC3)C2)c1. The largest absolute Gasteiger partial charge is 0.353 e. The summed E-state index contributed by atoms with van der Waals surface area (Å²) < 4.78 is 0. The number of nitrogens with one attached hydrogen (secondary N) is 2. The van der Waals surface area contributed by atoms with Crippen LogP contribution in [0.3, 0.4) is 0 Å². The number of hydrogen-bond acceptors (Lipinski definition) is 2. The third-order valence-corrected chi connectivity index (χ3v) is 5.03. The van der Waals surface area contributed by atoms with Crippen molar-refractivity contribution < 1.29 is 4.79 Å². The van der Waals surface area contributed by atoms with E-state index in [1.165, 1.54) is 30.4 Å². The Morgan fingerprint density at radius 3 is 3.00 bits per heavy atom. The smallest absolute Gasteiger partial charge is 0.220 e. The van der Waals surface area contributed by atoms with Gasteiger partial charge in [-0.3, -0.25) is 4.79 Å². The molecule has 1 aliphatic heterocycles. The number of amides is 1. The van der Waals surface area contributed by atoms with Gasteiger partial charge < -0.3 is 10.6 Å². The predicted molar refractivity (Wildman–Crippen MR) is 85.2 cm³/mol. The Morgan fingerprint density at radius 1 is 1.43 bits per heavy atom. The lowest BCUT2D eigenvalue weighted by Gasteiger charge is -2.48. The number of aryl methyl sites for hydroxylation is 2. The van der Waals surface area contributed by atoms with Gasteiger partial charge in [0.25, 0.3) is 0 Å². The van der Waals surface area contributed by atoms with Crippen molar-refractivity contribution in [2.45, 2.75) is 63.5 Å². The molecule has 0 bridgehead atoms. The summed E-state index contributed by atoms with van der Waals surface area (Å²) >= 11 is 0. The lowest BCUT2D eigenvalue weighted by atomic mass is 9.70. The van der Waals surface area contributed by atoms with Crippen LogP contribution >= 0.6 is 0 Å². The average Bonchev–Trinajstić information content (AvgIpc) is 2.44. The highest BCUT2D eigenvalue weighted by Crippen LogP contribution is 2.38. The van der Waals surface area contributed by atoms with Crippen LogP contribution in [0.1, 0.15) is 49.7 Å². The second-order valence-corrected chi connectivity index (χ2v) is 6.81. The molecule has 1 atom stereocenters. The van der Waals surface area contributed by atoms with Gasteiger partial charge in [-0.05, 0) is 57.6 Å². The first kappa shape index (κ1) is 14.6. The van der Waals surface area contributed by atoms with Crippen LogP contribution in [0.4, 0.5) is 0 Å². The number of hydrogen-bond donors (Lipinski definition) is 2. The molecule has 1 saturated heterocycles. The lowest BCUT2D eigenvalue weighted by Crippen LogP contribution is -2.59. The Morgan fingerprint density at radius 2 is 2.29 bits per heavy atom. The molecule has 1 heterocycles. The topological polar surface area (TPSA) is 41.1 Å². The molecule has 3 heteroatoms. The standard InChI is InChI=1S/C18H26N2O/c1-14-4-2-5-15(12-14)6-7-17(21)20-16-8-11-19-18(13-16)9-3-10-18/h2,4-5,12,16,19H,3,6-11,13H2,1H3,(H,20,21). The minimum Gasteiger partial charge on any atom is -0.353 e. The fraction of sp³-hybridized carbons (Fsp3) is 0.611. The zero-order chi connectivity index (χ0) is 14.7. The molecule has 2 aliphatic rings. The Hall–Kier alpha value is -1.35.